The molecule has 0 heterocycles. The predicted octanol–water partition coefficient (Wildman–Crippen LogP) is 5.52. The number of benzene rings is 3. The Morgan fingerprint density at radius 2 is 0.618 bits per heavy atom. The molecule has 0 spiro atoms. The van der Waals surface area contributed by atoms with Crippen LogP contribution in [0, 0.1) is 58.2 Å². The number of rotatable bonds is 4. The van der Waals surface area contributed by atoms with Crippen LogP contribution in [0.15, 0.2) is 24.3 Å². The summed E-state index contributed by atoms with van der Waals surface area (Å²) in [4.78, 5) is 23.7. The van der Waals surface area contributed by atoms with Crippen LogP contribution in [0.2, 0.25) is 0 Å². The molecule has 0 saturated carbocycles. The van der Waals surface area contributed by atoms with Gasteiger partial charge in [-0.1, -0.05) is 0 Å². The molecule has 0 unspecified atom stereocenters. The Morgan fingerprint density at radius 3 is 0.853 bits per heavy atom. The van der Waals surface area contributed by atoms with Crippen LogP contribution in [0.25, 0.3) is 0 Å². The summed E-state index contributed by atoms with van der Waals surface area (Å²) in [6.07, 6.45) is 0. The molecule has 3 aromatic carbocycles. The average molecular weight is 498 g/mol. The first-order valence-corrected chi connectivity index (χ1v) is 8.44. The minimum Gasteiger partial charge on any atom is -0.423 e. The summed E-state index contributed by atoms with van der Waals surface area (Å²) in [6.45, 7) is 0. The summed E-state index contributed by atoms with van der Waals surface area (Å²) in [5.74, 6) is -29.7. The first kappa shape index (κ1) is 24.5. The van der Waals surface area contributed by atoms with Crippen molar-refractivity contribution in [1.82, 2.24) is 0 Å². The Balaban J connectivity index is 1.81. The number of carbonyl (C=O) groups excluding carboxylic acids is 2. The zero-order chi connectivity index (χ0) is 25.5. The molecule has 0 fully saturated rings. The lowest BCUT2D eigenvalue weighted by Gasteiger charge is -2.10. The SMILES string of the molecule is O=C(Oc1ccc(OC(=O)c2c(F)c(F)c(F)c(F)c2F)cc1)c1c(F)c(F)c(F)c(F)c1F. The van der Waals surface area contributed by atoms with Crippen molar-refractivity contribution in [3.05, 3.63) is 93.6 Å². The highest BCUT2D eigenvalue weighted by Crippen LogP contribution is 2.27. The topological polar surface area (TPSA) is 52.6 Å². The summed E-state index contributed by atoms with van der Waals surface area (Å²) < 4.78 is 142. The molecule has 3 rings (SSSR count). The quantitative estimate of drug-likeness (QED) is 0.157. The second-order valence-corrected chi connectivity index (χ2v) is 6.14. The van der Waals surface area contributed by atoms with Crippen LogP contribution >= 0.6 is 0 Å². The normalized spacial score (nSPS) is 10.9. The van der Waals surface area contributed by atoms with E-state index in [4.69, 9.17) is 0 Å². The van der Waals surface area contributed by atoms with Gasteiger partial charge in [0.25, 0.3) is 0 Å². The smallest absolute Gasteiger partial charge is 0.349 e. The third-order valence-corrected chi connectivity index (χ3v) is 4.07. The molecule has 34 heavy (non-hydrogen) atoms. The van der Waals surface area contributed by atoms with Crippen molar-refractivity contribution in [3.8, 4) is 11.5 Å². The number of hydrogen-bond acceptors (Lipinski definition) is 4. The molecule has 4 nitrogen and oxygen atoms in total. The Kier molecular flexibility index (Phi) is 6.52. The molecule has 0 saturated heterocycles. The molecule has 0 radical (unpaired) electrons. The summed E-state index contributed by atoms with van der Waals surface area (Å²) in [7, 11) is 0. The van der Waals surface area contributed by atoms with Gasteiger partial charge in [-0.2, -0.15) is 0 Å². The summed E-state index contributed by atoms with van der Waals surface area (Å²) in [5, 5.41) is 0. The molecule has 0 aromatic heterocycles. The Morgan fingerprint density at radius 1 is 0.412 bits per heavy atom. The van der Waals surface area contributed by atoms with E-state index < -0.39 is 92.7 Å². The van der Waals surface area contributed by atoms with Crippen LogP contribution in [0.5, 0.6) is 11.5 Å². The fourth-order valence-corrected chi connectivity index (χ4v) is 2.46. The van der Waals surface area contributed by atoms with Gasteiger partial charge in [0.05, 0.1) is 0 Å². The molecule has 0 aliphatic heterocycles. The van der Waals surface area contributed by atoms with Crippen molar-refractivity contribution in [1.29, 1.82) is 0 Å². The van der Waals surface area contributed by atoms with Gasteiger partial charge < -0.3 is 9.47 Å². The van der Waals surface area contributed by atoms with Gasteiger partial charge in [-0.3, -0.25) is 0 Å². The second-order valence-electron chi connectivity index (χ2n) is 6.14. The lowest BCUT2D eigenvalue weighted by molar-refractivity contribution is 0.0705. The molecule has 14 heteroatoms. The number of esters is 2. The Labute approximate surface area is 180 Å². The highest BCUT2D eigenvalue weighted by Gasteiger charge is 2.32. The number of halogens is 10. The van der Waals surface area contributed by atoms with Crippen molar-refractivity contribution in [3.63, 3.8) is 0 Å². The minimum atomic E-state index is -2.51. The van der Waals surface area contributed by atoms with Crippen LogP contribution in [0.4, 0.5) is 43.9 Å². The van der Waals surface area contributed by atoms with Crippen molar-refractivity contribution < 1.29 is 63.0 Å². The van der Waals surface area contributed by atoms with E-state index >= 15 is 0 Å². The maximum absolute atomic E-state index is 13.7. The molecule has 0 atom stereocenters. The minimum absolute atomic E-state index is 0.593. The van der Waals surface area contributed by atoms with Crippen LogP contribution in [-0.2, 0) is 0 Å². The van der Waals surface area contributed by atoms with Crippen molar-refractivity contribution >= 4 is 11.9 Å². The second kappa shape index (κ2) is 9.03. The zero-order valence-corrected chi connectivity index (χ0v) is 15.7. The molecule has 3 aromatic rings. The molecular weight excluding hydrogens is 494 g/mol. The molecule has 0 aliphatic carbocycles. The molecule has 0 amide bonds. The molecule has 0 bridgehead atoms. The Hall–Kier alpha value is -4.10. The number of ether oxygens (including phenoxy) is 2. The van der Waals surface area contributed by atoms with Gasteiger partial charge in [0.1, 0.15) is 22.6 Å². The zero-order valence-electron chi connectivity index (χ0n) is 15.7. The van der Waals surface area contributed by atoms with E-state index in [0.29, 0.717) is 0 Å². The van der Waals surface area contributed by atoms with E-state index in [1.165, 1.54) is 0 Å². The first-order valence-electron chi connectivity index (χ1n) is 8.44. The first-order chi connectivity index (χ1) is 15.9. The van der Waals surface area contributed by atoms with E-state index in [-0.39, 0.29) is 0 Å². The van der Waals surface area contributed by atoms with Crippen molar-refractivity contribution in [2.24, 2.45) is 0 Å². The maximum Gasteiger partial charge on any atom is 0.349 e. The van der Waals surface area contributed by atoms with Gasteiger partial charge in [-0.25, -0.2) is 53.5 Å². The number of carbonyl (C=O) groups is 2. The third kappa shape index (κ3) is 4.13. The monoisotopic (exact) mass is 498 g/mol. The van der Waals surface area contributed by atoms with Gasteiger partial charge in [0.2, 0.25) is 11.6 Å². The van der Waals surface area contributed by atoms with Crippen LogP contribution in [0.3, 0.4) is 0 Å². The van der Waals surface area contributed by atoms with Crippen molar-refractivity contribution in [2.75, 3.05) is 0 Å². The van der Waals surface area contributed by atoms with E-state index in [9.17, 15) is 53.5 Å². The van der Waals surface area contributed by atoms with E-state index in [0.717, 1.165) is 24.3 Å². The molecule has 0 aliphatic rings. The van der Waals surface area contributed by atoms with Gasteiger partial charge in [0, 0.05) is 0 Å². The standard InChI is InChI=1S/C20H4F10O4/c21-9-7(10(22)14(26)17(29)13(9)25)19(31)33-5-1-2-6(4-3-5)34-20(32)8-11(23)15(27)18(30)16(28)12(8)24/h1-4H. The van der Waals surface area contributed by atoms with Crippen LogP contribution in [0.1, 0.15) is 20.7 Å². The molecule has 178 valence electrons. The summed E-state index contributed by atoms with van der Waals surface area (Å²) in [5.41, 5.74) is -3.81. The number of hydrogen-bond donors (Lipinski definition) is 0. The van der Waals surface area contributed by atoms with E-state index in [2.05, 4.69) is 9.47 Å². The molecule has 0 N–H and O–H groups in total. The average Bonchev–Trinajstić information content (AvgIpc) is 2.80. The Bertz CT molecular complexity index is 1180. The fraction of sp³-hybridized carbons (Fsp3) is 0. The maximum atomic E-state index is 13.7. The van der Waals surface area contributed by atoms with Gasteiger partial charge in [-0.05, 0) is 24.3 Å². The van der Waals surface area contributed by atoms with E-state index in [1.54, 1.807) is 0 Å². The van der Waals surface area contributed by atoms with E-state index in [1.807, 2.05) is 0 Å². The van der Waals surface area contributed by atoms with Crippen LogP contribution < -0.4 is 9.47 Å². The van der Waals surface area contributed by atoms with Crippen LogP contribution in [-0.4, -0.2) is 11.9 Å². The highest BCUT2D eigenvalue weighted by atomic mass is 19.2. The largest absolute Gasteiger partial charge is 0.423 e. The third-order valence-electron chi connectivity index (χ3n) is 4.07. The lowest BCUT2D eigenvalue weighted by Crippen LogP contribution is -2.18. The predicted molar refractivity (Wildman–Crippen MR) is 88.8 cm³/mol. The van der Waals surface area contributed by atoms with Gasteiger partial charge in [-0.15, -0.1) is 0 Å². The summed E-state index contributed by atoms with van der Waals surface area (Å²) in [6, 6.07) is 2.96. The van der Waals surface area contributed by atoms with Gasteiger partial charge >= 0.3 is 11.9 Å². The summed E-state index contributed by atoms with van der Waals surface area (Å²) >= 11 is 0. The van der Waals surface area contributed by atoms with Crippen molar-refractivity contribution in [2.45, 2.75) is 0 Å². The lowest BCUT2D eigenvalue weighted by atomic mass is 10.1. The molecular formula is C20H4F10O4. The highest BCUT2D eigenvalue weighted by molar-refractivity contribution is 5.92. The fourth-order valence-electron chi connectivity index (χ4n) is 2.46. The van der Waals surface area contributed by atoms with Gasteiger partial charge in [0.15, 0.2) is 46.5 Å².